The van der Waals surface area contributed by atoms with Crippen LogP contribution < -0.4 is 4.72 Å². The van der Waals surface area contributed by atoms with Crippen LogP contribution in [-0.2, 0) is 10.2 Å². The van der Waals surface area contributed by atoms with Crippen LogP contribution in [0, 0.1) is 5.92 Å². The van der Waals surface area contributed by atoms with Crippen LogP contribution in [0.25, 0.3) is 0 Å². The fraction of sp³-hybridized carbons (Fsp3) is 1.00. The van der Waals surface area contributed by atoms with Gasteiger partial charge in [-0.25, -0.2) is 4.72 Å². The van der Waals surface area contributed by atoms with Gasteiger partial charge in [-0.15, -0.1) is 0 Å². The van der Waals surface area contributed by atoms with Gasteiger partial charge in [-0.2, -0.15) is 12.7 Å². The highest BCUT2D eigenvalue weighted by molar-refractivity contribution is 7.87. The smallest absolute Gasteiger partial charge is 0.279 e. The fourth-order valence-corrected chi connectivity index (χ4v) is 3.48. The van der Waals surface area contributed by atoms with Crippen molar-refractivity contribution in [2.24, 2.45) is 5.92 Å². The predicted octanol–water partition coefficient (Wildman–Crippen LogP) is 1.28. The lowest BCUT2D eigenvalue weighted by Crippen LogP contribution is -2.44. The molecule has 1 rings (SSSR count). The highest BCUT2D eigenvalue weighted by Gasteiger charge is 2.22. The van der Waals surface area contributed by atoms with E-state index < -0.39 is 10.2 Å². The first-order valence-corrected chi connectivity index (χ1v) is 8.86. The Morgan fingerprint density at radius 1 is 1.37 bits per heavy atom. The van der Waals surface area contributed by atoms with Gasteiger partial charge in [-0.3, -0.25) is 0 Å². The van der Waals surface area contributed by atoms with Gasteiger partial charge in [0.25, 0.3) is 10.2 Å². The lowest BCUT2D eigenvalue weighted by molar-refractivity contribution is 0.183. The number of likely N-dealkylation sites (tertiary alicyclic amines) is 1. The van der Waals surface area contributed by atoms with Crippen molar-refractivity contribution in [3.8, 4) is 0 Å². The summed E-state index contributed by atoms with van der Waals surface area (Å²) in [5.74, 6) is 0.447. The summed E-state index contributed by atoms with van der Waals surface area (Å²) in [7, 11) is -1.64. The van der Waals surface area contributed by atoms with E-state index in [0.29, 0.717) is 19.0 Å². The minimum atomic E-state index is -3.29. The van der Waals surface area contributed by atoms with E-state index in [9.17, 15) is 8.42 Å². The molecule has 0 radical (unpaired) electrons. The number of hydrogen-bond acceptors (Lipinski definition) is 3. The van der Waals surface area contributed by atoms with Crippen LogP contribution in [-0.4, -0.2) is 57.4 Å². The van der Waals surface area contributed by atoms with Gasteiger partial charge in [0, 0.05) is 26.7 Å². The molecule has 0 amide bonds. The van der Waals surface area contributed by atoms with Crippen LogP contribution in [0.4, 0.5) is 0 Å². The number of rotatable bonds is 8. The molecule has 6 heteroatoms. The van der Waals surface area contributed by atoms with Crippen molar-refractivity contribution in [1.82, 2.24) is 13.9 Å². The highest BCUT2D eigenvalue weighted by atomic mass is 32.2. The zero-order valence-electron chi connectivity index (χ0n) is 12.6. The largest absolute Gasteiger partial charge is 0.303 e. The second kappa shape index (κ2) is 8.19. The SMILES string of the molecule is CCCCN(C)S(=O)(=O)NC[C@@H]1CCCN(CC)C1. The van der Waals surface area contributed by atoms with Gasteiger partial charge >= 0.3 is 0 Å². The Hall–Kier alpha value is -0.170. The molecule has 19 heavy (non-hydrogen) atoms. The molecule has 1 aliphatic rings. The summed E-state index contributed by atoms with van der Waals surface area (Å²) in [6.45, 7) is 8.60. The molecule has 0 aromatic carbocycles. The van der Waals surface area contributed by atoms with Gasteiger partial charge in [0.15, 0.2) is 0 Å². The van der Waals surface area contributed by atoms with Gasteiger partial charge < -0.3 is 4.90 Å². The van der Waals surface area contributed by atoms with Gasteiger partial charge in [-0.05, 0) is 38.3 Å². The van der Waals surface area contributed by atoms with Crippen LogP contribution in [0.1, 0.15) is 39.5 Å². The average Bonchev–Trinajstić information content (AvgIpc) is 2.42. The number of piperidine rings is 1. The number of hydrogen-bond donors (Lipinski definition) is 1. The van der Waals surface area contributed by atoms with E-state index in [2.05, 4.69) is 23.5 Å². The third-order valence-corrected chi connectivity index (χ3v) is 5.38. The van der Waals surface area contributed by atoms with E-state index in [0.717, 1.165) is 38.9 Å². The van der Waals surface area contributed by atoms with E-state index in [4.69, 9.17) is 0 Å². The second-order valence-corrected chi connectivity index (χ2v) is 7.29. The summed E-state index contributed by atoms with van der Waals surface area (Å²) in [6, 6.07) is 0. The Labute approximate surface area is 118 Å². The normalized spacial score (nSPS) is 22.0. The average molecular weight is 291 g/mol. The molecule has 0 unspecified atom stereocenters. The molecule has 114 valence electrons. The summed E-state index contributed by atoms with van der Waals surface area (Å²) in [5, 5.41) is 0. The molecule has 0 aromatic heterocycles. The monoisotopic (exact) mass is 291 g/mol. The van der Waals surface area contributed by atoms with Crippen molar-refractivity contribution in [2.45, 2.75) is 39.5 Å². The predicted molar refractivity (Wildman–Crippen MR) is 79.3 cm³/mol. The standard InChI is InChI=1S/C13H29N3O2S/c1-4-6-9-15(3)19(17,18)14-11-13-8-7-10-16(5-2)12-13/h13-14H,4-12H2,1-3H3/t13-/m0/s1. The zero-order valence-corrected chi connectivity index (χ0v) is 13.4. The molecule has 0 aliphatic carbocycles. The van der Waals surface area contributed by atoms with Crippen molar-refractivity contribution in [3.05, 3.63) is 0 Å². The summed E-state index contributed by atoms with van der Waals surface area (Å²) in [4.78, 5) is 2.39. The van der Waals surface area contributed by atoms with E-state index in [1.165, 1.54) is 10.7 Å². The maximum absolute atomic E-state index is 12.0. The van der Waals surface area contributed by atoms with Crippen molar-refractivity contribution in [2.75, 3.05) is 39.8 Å². The lowest BCUT2D eigenvalue weighted by atomic mass is 9.98. The van der Waals surface area contributed by atoms with Crippen molar-refractivity contribution < 1.29 is 8.42 Å². The molecule has 0 saturated carbocycles. The van der Waals surface area contributed by atoms with E-state index >= 15 is 0 Å². The Bertz CT molecular complexity index is 346. The summed E-state index contributed by atoms with van der Waals surface area (Å²) in [5.41, 5.74) is 0. The molecular formula is C13H29N3O2S. The van der Waals surface area contributed by atoms with E-state index in [-0.39, 0.29) is 0 Å². The van der Waals surface area contributed by atoms with Crippen molar-refractivity contribution >= 4 is 10.2 Å². The van der Waals surface area contributed by atoms with Crippen LogP contribution in [0.3, 0.4) is 0 Å². The molecular weight excluding hydrogens is 262 g/mol. The molecule has 1 heterocycles. The third kappa shape index (κ3) is 5.77. The number of nitrogens with zero attached hydrogens (tertiary/aromatic N) is 2. The molecule has 0 spiro atoms. The minimum Gasteiger partial charge on any atom is -0.303 e. The first-order chi connectivity index (χ1) is 8.99. The maximum atomic E-state index is 12.0. The summed E-state index contributed by atoms with van der Waals surface area (Å²) < 4.78 is 28.2. The van der Waals surface area contributed by atoms with Crippen LogP contribution in [0.5, 0.6) is 0 Å². The summed E-state index contributed by atoms with van der Waals surface area (Å²) >= 11 is 0. The van der Waals surface area contributed by atoms with Gasteiger partial charge in [-0.1, -0.05) is 20.3 Å². The van der Waals surface area contributed by atoms with Crippen molar-refractivity contribution in [1.29, 1.82) is 0 Å². The van der Waals surface area contributed by atoms with Crippen LogP contribution >= 0.6 is 0 Å². The number of nitrogens with one attached hydrogen (secondary N) is 1. The van der Waals surface area contributed by atoms with Crippen LogP contribution in [0.2, 0.25) is 0 Å². The molecule has 1 saturated heterocycles. The topological polar surface area (TPSA) is 52.7 Å². The Morgan fingerprint density at radius 3 is 2.74 bits per heavy atom. The third-order valence-electron chi connectivity index (χ3n) is 3.84. The number of unbranched alkanes of at least 4 members (excludes halogenated alkanes) is 1. The molecule has 1 N–H and O–H groups in total. The molecule has 0 bridgehead atoms. The highest BCUT2D eigenvalue weighted by Crippen LogP contribution is 2.15. The van der Waals surface area contributed by atoms with E-state index in [1.54, 1.807) is 7.05 Å². The van der Waals surface area contributed by atoms with E-state index in [1.807, 2.05) is 0 Å². The molecule has 1 aliphatic heterocycles. The van der Waals surface area contributed by atoms with Crippen LogP contribution in [0.15, 0.2) is 0 Å². The van der Waals surface area contributed by atoms with Gasteiger partial charge in [0.1, 0.15) is 0 Å². The first kappa shape index (κ1) is 16.9. The molecule has 5 nitrogen and oxygen atoms in total. The minimum absolute atomic E-state index is 0.447. The first-order valence-electron chi connectivity index (χ1n) is 7.42. The Kier molecular flexibility index (Phi) is 7.28. The maximum Gasteiger partial charge on any atom is 0.279 e. The molecule has 0 aromatic rings. The zero-order chi connectivity index (χ0) is 14.3. The lowest BCUT2D eigenvalue weighted by Gasteiger charge is -2.32. The Morgan fingerprint density at radius 2 is 2.11 bits per heavy atom. The quantitative estimate of drug-likeness (QED) is 0.733. The van der Waals surface area contributed by atoms with Gasteiger partial charge in [0.2, 0.25) is 0 Å². The fourth-order valence-electron chi connectivity index (χ4n) is 2.44. The molecule has 1 fully saturated rings. The molecule has 1 atom stereocenters. The van der Waals surface area contributed by atoms with Gasteiger partial charge in [0.05, 0.1) is 0 Å². The second-order valence-electron chi connectivity index (χ2n) is 5.43. The van der Waals surface area contributed by atoms with Crippen molar-refractivity contribution in [3.63, 3.8) is 0 Å². The summed E-state index contributed by atoms with van der Waals surface area (Å²) in [6.07, 6.45) is 4.21. The Balaban J connectivity index is 2.37.